The van der Waals surface area contributed by atoms with E-state index in [1.54, 1.807) is 37.4 Å². The summed E-state index contributed by atoms with van der Waals surface area (Å²) in [6.07, 6.45) is 4.52. The minimum atomic E-state index is -0.396. The maximum absolute atomic E-state index is 11.2. The van der Waals surface area contributed by atoms with E-state index in [1.807, 2.05) is 0 Å². The highest BCUT2D eigenvalue weighted by Gasteiger charge is 2.00. The summed E-state index contributed by atoms with van der Waals surface area (Å²) in [5.41, 5.74) is 1.55. The molecule has 0 heterocycles. The largest absolute Gasteiger partial charge is 0.463 e. The average molecular weight is 268 g/mol. The monoisotopic (exact) mass is 267 g/mol. The Balaban J connectivity index is 2.95. The van der Waals surface area contributed by atoms with Gasteiger partial charge in [0.2, 0.25) is 0 Å². The lowest BCUT2D eigenvalue weighted by Crippen LogP contribution is -1.99. The van der Waals surface area contributed by atoms with Gasteiger partial charge in [-0.3, -0.25) is 0 Å². The number of esters is 1. The summed E-state index contributed by atoms with van der Waals surface area (Å²) in [5, 5.41) is 4.25. The highest BCUT2D eigenvalue weighted by atomic mass is 35.5. The predicted molar refractivity (Wildman–Crippen MR) is 71.7 cm³/mol. The zero-order valence-electron chi connectivity index (χ0n) is 10.2. The number of hydrogen-bond donors (Lipinski definition) is 0. The third-order valence-corrected chi connectivity index (χ3v) is 2.27. The summed E-state index contributed by atoms with van der Waals surface area (Å²) < 4.78 is 4.80. The molecule has 0 unspecified atom stereocenters. The van der Waals surface area contributed by atoms with Crippen molar-refractivity contribution in [1.82, 2.24) is 0 Å². The number of nitrogens with zero attached hydrogens (tertiary/aromatic N) is 1. The molecule has 0 aliphatic rings. The Kier molecular flexibility index (Phi) is 5.94. The number of carbonyl (C=O) groups excluding carboxylic acids is 1. The van der Waals surface area contributed by atoms with E-state index >= 15 is 0 Å². The lowest BCUT2D eigenvalue weighted by Gasteiger charge is -2.01. The molecule has 0 spiro atoms. The van der Waals surface area contributed by atoms with E-state index in [1.165, 1.54) is 13.2 Å². The third-order valence-electron chi connectivity index (χ3n) is 2.03. The Bertz CT molecular complexity index is 469. The summed E-state index contributed by atoms with van der Waals surface area (Å²) in [4.78, 5) is 15.8. The van der Waals surface area contributed by atoms with Gasteiger partial charge in [-0.25, -0.2) is 4.79 Å². The average Bonchev–Trinajstić information content (AvgIpc) is 2.35. The zero-order valence-corrected chi connectivity index (χ0v) is 11.0. The Hall–Kier alpha value is -1.81. The van der Waals surface area contributed by atoms with Crippen LogP contribution in [0.3, 0.4) is 0 Å². The third kappa shape index (κ3) is 4.59. The SMILES string of the molecule is CCOC(=O)/C=C/c1cc(Cl)ccc1/C=N/OC. The second kappa shape index (κ2) is 7.50. The summed E-state index contributed by atoms with van der Waals surface area (Å²) >= 11 is 5.90. The molecule has 0 aromatic heterocycles. The number of hydrogen-bond acceptors (Lipinski definition) is 4. The maximum atomic E-state index is 11.2. The molecule has 0 bridgehead atoms. The normalized spacial score (nSPS) is 11.1. The zero-order chi connectivity index (χ0) is 13.4. The molecule has 0 amide bonds. The smallest absolute Gasteiger partial charge is 0.330 e. The van der Waals surface area contributed by atoms with Crippen LogP contribution >= 0.6 is 11.6 Å². The van der Waals surface area contributed by atoms with Crippen LogP contribution < -0.4 is 0 Å². The molecular weight excluding hydrogens is 254 g/mol. The highest BCUT2D eigenvalue weighted by molar-refractivity contribution is 6.30. The van der Waals surface area contributed by atoms with E-state index in [0.717, 1.165) is 11.1 Å². The summed E-state index contributed by atoms with van der Waals surface area (Å²) in [6, 6.07) is 5.25. The number of benzene rings is 1. The minimum Gasteiger partial charge on any atom is -0.463 e. The van der Waals surface area contributed by atoms with Gasteiger partial charge in [-0.1, -0.05) is 22.8 Å². The van der Waals surface area contributed by atoms with Crippen LogP contribution in [0.5, 0.6) is 0 Å². The number of rotatable bonds is 5. The van der Waals surface area contributed by atoms with Crippen molar-refractivity contribution in [1.29, 1.82) is 0 Å². The molecule has 0 N–H and O–H groups in total. The fraction of sp³-hybridized carbons (Fsp3) is 0.231. The molecule has 1 aromatic rings. The fourth-order valence-corrected chi connectivity index (χ4v) is 1.45. The van der Waals surface area contributed by atoms with Crippen LogP contribution in [0.1, 0.15) is 18.1 Å². The van der Waals surface area contributed by atoms with Crippen molar-refractivity contribution < 1.29 is 14.4 Å². The van der Waals surface area contributed by atoms with Gasteiger partial charge in [-0.2, -0.15) is 0 Å². The molecule has 0 fully saturated rings. The molecule has 4 nitrogen and oxygen atoms in total. The number of oxime groups is 1. The van der Waals surface area contributed by atoms with Crippen molar-refractivity contribution in [2.45, 2.75) is 6.92 Å². The molecule has 0 aliphatic heterocycles. The van der Waals surface area contributed by atoms with Gasteiger partial charge in [-0.15, -0.1) is 0 Å². The quantitative estimate of drug-likeness (QED) is 0.357. The predicted octanol–water partition coefficient (Wildman–Crippen LogP) is 2.90. The van der Waals surface area contributed by atoms with Crippen LogP contribution in [0.4, 0.5) is 0 Å². The molecule has 96 valence electrons. The molecule has 1 rings (SSSR count). The molecule has 1 aromatic carbocycles. The van der Waals surface area contributed by atoms with Crippen LogP contribution in [0.2, 0.25) is 5.02 Å². The van der Waals surface area contributed by atoms with Crippen LogP contribution in [-0.4, -0.2) is 25.9 Å². The van der Waals surface area contributed by atoms with Crippen LogP contribution in [0.15, 0.2) is 29.4 Å². The first-order valence-electron chi connectivity index (χ1n) is 5.38. The van der Waals surface area contributed by atoms with Crippen molar-refractivity contribution in [2.24, 2.45) is 5.16 Å². The van der Waals surface area contributed by atoms with Crippen molar-refractivity contribution in [3.63, 3.8) is 0 Å². The molecule has 18 heavy (non-hydrogen) atoms. The van der Waals surface area contributed by atoms with Crippen LogP contribution in [-0.2, 0) is 14.4 Å². The van der Waals surface area contributed by atoms with E-state index in [2.05, 4.69) is 9.99 Å². The first kappa shape index (κ1) is 14.3. The molecule has 0 saturated carbocycles. The van der Waals surface area contributed by atoms with Gasteiger partial charge in [0.15, 0.2) is 0 Å². The van der Waals surface area contributed by atoms with Gasteiger partial charge in [0, 0.05) is 16.7 Å². The topological polar surface area (TPSA) is 47.9 Å². The van der Waals surface area contributed by atoms with Crippen molar-refractivity contribution in [3.05, 3.63) is 40.4 Å². The Morgan fingerprint density at radius 3 is 2.89 bits per heavy atom. The summed E-state index contributed by atoms with van der Waals surface area (Å²) in [5.74, 6) is -0.396. The lowest BCUT2D eigenvalue weighted by molar-refractivity contribution is -0.137. The van der Waals surface area contributed by atoms with Gasteiger partial charge in [0.05, 0.1) is 12.8 Å². The first-order valence-corrected chi connectivity index (χ1v) is 5.76. The maximum Gasteiger partial charge on any atom is 0.330 e. The Morgan fingerprint density at radius 1 is 1.44 bits per heavy atom. The van der Waals surface area contributed by atoms with E-state index in [0.29, 0.717) is 11.6 Å². The molecule has 0 atom stereocenters. The second-order valence-corrected chi connectivity index (χ2v) is 3.71. The van der Waals surface area contributed by atoms with Crippen LogP contribution in [0, 0.1) is 0 Å². The number of carbonyl (C=O) groups is 1. The van der Waals surface area contributed by atoms with Crippen molar-refractivity contribution in [3.8, 4) is 0 Å². The van der Waals surface area contributed by atoms with Crippen molar-refractivity contribution >= 4 is 29.9 Å². The summed E-state index contributed by atoms with van der Waals surface area (Å²) in [6.45, 7) is 2.10. The van der Waals surface area contributed by atoms with Gasteiger partial charge in [0.25, 0.3) is 0 Å². The first-order chi connectivity index (χ1) is 8.67. The molecule has 5 heteroatoms. The Labute approximate surface area is 111 Å². The van der Waals surface area contributed by atoms with E-state index in [-0.39, 0.29) is 0 Å². The standard InChI is InChI=1S/C13H14ClNO3/c1-3-18-13(16)7-5-10-8-12(14)6-4-11(10)9-15-17-2/h4-9H,3H2,1-2H3/b7-5+,15-9+. The molecule has 0 aliphatic carbocycles. The number of ether oxygens (including phenoxy) is 1. The lowest BCUT2D eigenvalue weighted by atomic mass is 10.1. The second-order valence-electron chi connectivity index (χ2n) is 3.28. The van der Waals surface area contributed by atoms with E-state index < -0.39 is 5.97 Å². The van der Waals surface area contributed by atoms with Gasteiger partial charge in [0.1, 0.15) is 7.11 Å². The van der Waals surface area contributed by atoms with Gasteiger partial charge >= 0.3 is 5.97 Å². The Morgan fingerprint density at radius 2 is 2.22 bits per heavy atom. The summed E-state index contributed by atoms with van der Waals surface area (Å²) in [7, 11) is 1.46. The minimum absolute atomic E-state index is 0.344. The van der Waals surface area contributed by atoms with Crippen LogP contribution in [0.25, 0.3) is 6.08 Å². The molecular formula is C13H14ClNO3. The van der Waals surface area contributed by atoms with Gasteiger partial charge in [-0.05, 0) is 30.7 Å². The van der Waals surface area contributed by atoms with Crippen molar-refractivity contribution in [2.75, 3.05) is 13.7 Å². The fourth-order valence-electron chi connectivity index (χ4n) is 1.27. The molecule has 0 saturated heterocycles. The highest BCUT2D eigenvalue weighted by Crippen LogP contribution is 2.16. The molecule has 0 radical (unpaired) electrons. The number of halogens is 1. The van der Waals surface area contributed by atoms with E-state index in [9.17, 15) is 4.79 Å². The van der Waals surface area contributed by atoms with E-state index in [4.69, 9.17) is 16.3 Å². The van der Waals surface area contributed by atoms with Gasteiger partial charge < -0.3 is 9.57 Å².